The van der Waals surface area contributed by atoms with E-state index in [9.17, 15) is 9.59 Å². The number of thiophene rings is 1. The summed E-state index contributed by atoms with van der Waals surface area (Å²) in [5.74, 6) is -1.21. The van der Waals surface area contributed by atoms with Crippen molar-refractivity contribution in [1.29, 1.82) is 0 Å². The molecule has 0 spiro atoms. The van der Waals surface area contributed by atoms with Crippen LogP contribution in [0, 0.1) is 5.92 Å². The molecule has 1 unspecified atom stereocenters. The van der Waals surface area contributed by atoms with Gasteiger partial charge in [0.15, 0.2) is 5.78 Å². The number of hydrogen-bond donors (Lipinski definition) is 0. The van der Waals surface area contributed by atoms with E-state index in [-0.39, 0.29) is 5.78 Å². The first kappa shape index (κ1) is 14.4. The summed E-state index contributed by atoms with van der Waals surface area (Å²) in [6.45, 7) is 4.00. The van der Waals surface area contributed by atoms with Gasteiger partial charge in [-0.15, -0.1) is 11.3 Å². The molecule has 5 heteroatoms. The Morgan fingerprint density at radius 2 is 2.18 bits per heavy atom. The number of carbonyl (C=O) groups excluding carboxylic acids is 2. The lowest BCUT2D eigenvalue weighted by molar-refractivity contribution is -0.146. The van der Waals surface area contributed by atoms with E-state index >= 15 is 0 Å². The van der Waals surface area contributed by atoms with Crippen LogP contribution in [0.15, 0.2) is 15.9 Å². The van der Waals surface area contributed by atoms with E-state index in [2.05, 4.69) is 15.9 Å². The average Bonchev–Trinajstić information content (AvgIpc) is 2.72. The number of Topliss-reactive ketones (excluding diaryl/α,β-unsaturated/α-hetero) is 1. The van der Waals surface area contributed by atoms with Crippen LogP contribution in [0.2, 0.25) is 0 Å². The molecule has 0 amide bonds. The molecule has 1 atom stereocenters. The van der Waals surface area contributed by atoms with E-state index in [1.165, 1.54) is 11.3 Å². The van der Waals surface area contributed by atoms with Crippen molar-refractivity contribution >= 4 is 39.0 Å². The number of rotatable bonds is 6. The van der Waals surface area contributed by atoms with Crippen molar-refractivity contribution in [3.05, 3.63) is 20.8 Å². The third kappa shape index (κ3) is 3.92. The highest BCUT2D eigenvalue weighted by molar-refractivity contribution is 9.10. The number of carbonyl (C=O) groups is 2. The first-order chi connectivity index (χ1) is 8.10. The maximum atomic E-state index is 12.2. The molecular formula is C12H15BrO3S. The van der Waals surface area contributed by atoms with Gasteiger partial charge in [-0.1, -0.05) is 13.3 Å². The van der Waals surface area contributed by atoms with Gasteiger partial charge in [0.1, 0.15) is 5.92 Å². The molecule has 0 N–H and O–H groups in total. The van der Waals surface area contributed by atoms with Gasteiger partial charge in [0.25, 0.3) is 0 Å². The Morgan fingerprint density at radius 3 is 2.65 bits per heavy atom. The van der Waals surface area contributed by atoms with Crippen molar-refractivity contribution in [2.45, 2.75) is 26.7 Å². The maximum absolute atomic E-state index is 12.2. The molecule has 0 saturated carbocycles. The van der Waals surface area contributed by atoms with Gasteiger partial charge in [-0.2, -0.15) is 0 Å². The van der Waals surface area contributed by atoms with Gasteiger partial charge in [0, 0.05) is 9.85 Å². The van der Waals surface area contributed by atoms with Crippen molar-refractivity contribution in [1.82, 2.24) is 0 Å². The third-order valence-electron chi connectivity index (χ3n) is 2.28. The van der Waals surface area contributed by atoms with E-state index in [0.717, 1.165) is 10.9 Å². The standard InChI is InChI=1S/C12H15BrO3S/c1-3-5-9(12(15)16-4-2)11(14)10-6-8(13)7-17-10/h6-7,9H,3-5H2,1-2H3. The average molecular weight is 319 g/mol. The molecule has 0 aliphatic rings. The fourth-order valence-corrected chi connectivity index (χ4v) is 2.92. The minimum absolute atomic E-state index is 0.138. The third-order valence-corrected chi connectivity index (χ3v) is 3.98. The topological polar surface area (TPSA) is 43.4 Å². The summed E-state index contributed by atoms with van der Waals surface area (Å²) in [7, 11) is 0. The maximum Gasteiger partial charge on any atom is 0.316 e. The van der Waals surface area contributed by atoms with Crippen LogP contribution >= 0.6 is 27.3 Å². The van der Waals surface area contributed by atoms with E-state index in [1.807, 2.05) is 12.3 Å². The predicted octanol–water partition coefficient (Wildman–Crippen LogP) is 3.67. The van der Waals surface area contributed by atoms with Crippen molar-refractivity contribution in [3.63, 3.8) is 0 Å². The van der Waals surface area contributed by atoms with Gasteiger partial charge < -0.3 is 4.74 Å². The second-order valence-electron chi connectivity index (χ2n) is 3.59. The summed E-state index contributed by atoms with van der Waals surface area (Å²) in [5.41, 5.74) is 0. The molecule has 0 saturated heterocycles. The van der Waals surface area contributed by atoms with E-state index < -0.39 is 11.9 Å². The van der Waals surface area contributed by atoms with Crippen molar-refractivity contribution in [2.75, 3.05) is 6.61 Å². The van der Waals surface area contributed by atoms with Crippen LogP contribution < -0.4 is 0 Å². The van der Waals surface area contributed by atoms with Crippen LogP contribution in [0.25, 0.3) is 0 Å². The van der Waals surface area contributed by atoms with Crippen LogP contribution in [-0.2, 0) is 9.53 Å². The molecule has 0 radical (unpaired) electrons. The van der Waals surface area contributed by atoms with Crippen LogP contribution in [0.1, 0.15) is 36.4 Å². The molecule has 3 nitrogen and oxygen atoms in total. The Labute approximate surface area is 113 Å². The first-order valence-corrected chi connectivity index (χ1v) is 7.22. The second kappa shape index (κ2) is 6.91. The summed E-state index contributed by atoms with van der Waals surface area (Å²) < 4.78 is 5.80. The largest absolute Gasteiger partial charge is 0.465 e. The van der Waals surface area contributed by atoms with Gasteiger partial charge in [0.05, 0.1) is 11.5 Å². The molecule has 0 aliphatic carbocycles. The zero-order valence-corrected chi connectivity index (χ0v) is 12.3. The molecule has 0 bridgehead atoms. The van der Waals surface area contributed by atoms with Crippen molar-refractivity contribution < 1.29 is 14.3 Å². The highest BCUT2D eigenvalue weighted by Crippen LogP contribution is 2.24. The monoisotopic (exact) mass is 318 g/mol. The van der Waals surface area contributed by atoms with Crippen molar-refractivity contribution in [3.8, 4) is 0 Å². The van der Waals surface area contributed by atoms with E-state index in [1.54, 1.807) is 13.0 Å². The minimum atomic E-state index is -0.662. The Balaban J connectivity index is 2.83. The summed E-state index contributed by atoms with van der Waals surface area (Å²) in [4.78, 5) is 24.5. The molecule has 1 rings (SSSR count). The van der Waals surface area contributed by atoms with E-state index in [4.69, 9.17) is 4.74 Å². The van der Waals surface area contributed by atoms with Gasteiger partial charge >= 0.3 is 5.97 Å². The Kier molecular flexibility index (Phi) is 5.85. The van der Waals surface area contributed by atoms with Crippen LogP contribution in [0.3, 0.4) is 0 Å². The molecule has 0 aromatic carbocycles. The Bertz CT molecular complexity index is 400. The molecule has 1 heterocycles. The fourth-order valence-electron chi connectivity index (χ4n) is 1.50. The number of esters is 1. The van der Waals surface area contributed by atoms with Crippen LogP contribution in [0.5, 0.6) is 0 Å². The van der Waals surface area contributed by atoms with Gasteiger partial charge in [0.2, 0.25) is 0 Å². The molecular weight excluding hydrogens is 304 g/mol. The molecule has 0 aliphatic heterocycles. The molecule has 94 valence electrons. The van der Waals surface area contributed by atoms with Crippen molar-refractivity contribution in [2.24, 2.45) is 5.92 Å². The Morgan fingerprint density at radius 1 is 1.47 bits per heavy atom. The quantitative estimate of drug-likeness (QED) is 0.456. The lowest BCUT2D eigenvalue weighted by atomic mass is 9.98. The molecule has 1 aromatic heterocycles. The number of hydrogen-bond acceptors (Lipinski definition) is 4. The van der Waals surface area contributed by atoms with Crippen LogP contribution in [-0.4, -0.2) is 18.4 Å². The number of halogens is 1. The smallest absolute Gasteiger partial charge is 0.316 e. The first-order valence-electron chi connectivity index (χ1n) is 5.55. The number of ether oxygens (including phenoxy) is 1. The minimum Gasteiger partial charge on any atom is -0.465 e. The molecule has 0 fully saturated rings. The SMILES string of the molecule is CCCC(C(=O)OCC)C(=O)c1cc(Br)cs1. The van der Waals surface area contributed by atoms with Gasteiger partial charge in [-0.3, -0.25) is 9.59 Å². The highest BCUT2D eigenvalue weighted by Gasteiger charge is 2.28. The highest BCUT2D eigenvalue weighted by atomic mass is 79.9. The zero-order valence-electron chi connectivity index (χ0n) is 9.86. The number of ketones is 1. The Hall–Kier alpha value is -0.680. The summed E-state index contributed by atoms with van der Waals surface area (Å²) in [6, 6.07) is 1.74. The summed E-state index contributed by atoms with van der Waals surface area (Å²) >= 11 is 4.64. The van der Waals surface area contributed by atoms with Gasteiger partial charge in [-0.05, 0) is 35.3 Å². The van der Waals surface area contributed by atoms with Gasteiger partial charge in [-0.25, -0.2) is 0 Å². The predicted molar refractivity (Wildman–Crippen MR) is 71.4 cm³/mol. The molecule has 1 aromatic rings. The summed E-state index contributed by atoms with van der Waals surface area (Å²) in [6.07, 6.45) is 1.31. The van der Waals surface area contributed by atoms with E-state index in [0.29, 0.717) is 17.9 Å². The molecule has 17 heavy (non-hydrogen) atoms. The lowest BCUT2D eigenvalue weighted by Gasteiger charge is -2.12. The lowest BCUT2D eigenvalue weighted by Crippen LogP contribution is -2.25. The van der Waals surface area contributed by atoms with Crippen LogP contribution in [0.4, 0.5) is 0 Å². The zero-order chi connectivity index (χ0) is 12.8. The second-order valence-corrected chi connectivity index (χ2v) is 5.41. The normalized spacial score (nSPS) is 12.2. The summed E-state index contributed by atoms with van der Waals surface area (Å²) in [5, 5.41) is 1.83. The fraction of sp³-hybridized carbons (Fsp3) is 0.500.